The zero-order chi connectivity index (χ0) is 34.1. The Bertz CT molecular complexity index is 2380. The lowest BCUT2D eigenvalue weighted by atomic mass is 9.33. The van der Waals surface area contributed by atoms with Crippen molar-refractivity contribution in [1.82, 2.24) is 0 Å². The second-order valence-corrected chi connectivity index (χ2v) is 14.5. The van der Waals surface area contributed by atoms with Gasteiger partial charge in [0.05, 0.1) is 5.69 Å². The summed E-state index contributed by atoms with van der Waals surface area (Å²) < 4.78 is 0. The van der Waals surface area contributed by atoms with E-state index in [0.29, 0.717) is 0 Å². The predicted molar refractivity (Wildman–Crippen MR) is 216 cm³/mol. The van der Waals surface area contributed by atoms with Crippen molar-refractivity contribution in [3.05, 3.63) is 167 Å². The molecule has 0 saturated carbocycles. The highest BCUT2D eigenvalue weighted by Gasteiger charge is 2.44. The minimum atomic E-state index is 0.0981. The van der Waals surface area contributed by atoms with Crippen molar-refractivity contribution in [3.8, 4) is 11.1 Å². The van der Waals surface area contributed by atoms with Gasteiger partial charge in [-0.15, -0.1) is 0 Å². The molecule has 0 unspecified atom stereocenters. The van der Waals surface area contributed by atoms with Crippen molar-refractivity contribution >= 4 is 62.8 Å². The summed E-state index contributed by atoms with van der Waals surface area (Å²) in [7, 11) is 0. The number of fused-ring (bicyclic) bond motifs is 4. The third-order valence-corrected chi connectivity index (χ3v) is 10.8. The van der Waals surface area contributed by atoms with E-state index in [2.05, 4.69) is 178 Å². The SMILES string of the molecule is Cc1ccc(-c2cc(C)ccc2N2c3ccc(C)cc3B3c4cc(C)ccc4N(c4ccc(C)cc4)c4cc(C5=CCCC=C5)cc2c43)cc1. The van der Waals surface area contributed by atoms with E-state index in [0.717, 1.165) is 12.8 Å². The summed E-state index contributed by atoms with van der Waals surface area (Å²) in [4.78, 5) is 5.10. The summed E-state index contributed by atoms with van der Waals surface area (Å²) in [6, 6.07) is 44.1. The molecule has 3 heteroatoms. The number of anilines is 6. The maximum Gasteiger partial charge on any atom is 0.252 e. The first-order valence-corrected chi connectivity index (χ1v) is 17.9. The van der Waals surface area contributed by atoms with E-state index in [1.807, 2.05) is 0 Å². The summed E-state index contributed by atoms with van der Waals surface area (Å²) in [5.41, 5.74) is 22.8. The zero-order valence-corrected chi connectivity index (χ0v) is 29.6. The van der Waals surface area contributed by atoms with Gasteiger partial charge >= 0.3 is 0 Å². The number of benzene rings is 6. The van der Waals surface area contributed by atoms with E-state index < -0.39 is 0 Å². The van der Waals surface area contributed by atoms with Crippen molar-refractivity contribution < 1.29 is 0 Å². The topological polar surface area (TPSA) is 6.48 Å². The normalized spacial score (nSPS) is 14.3. The van der Waals surface area contributed by atoms with Crippen molar-refractivity contribution in [2.45, 2.75) is 47.5 Å². The predicted octanol–water partition coefficient (Wildman–Crippen LogP) is 10.7. The van der Waals surface area contributed by atoms with Crippen LogP contribution in [0.2, 0.25) is 0 Å². The standard InChI is InChI=1S/C47H41BN2/c1-30-11-18-36(19-12-30)39-25-32(3)15-22-42(39)50-44-24-17-34(5)27-41(44)48-40-26-33(4)16-23-43(40)49(38-20-13-31(2)14-21-38)45-28-37(29-46(50)47(45)48)35-9-7-6-8-10-35/h7,9-29H,6,8H2,1-5H3. The third-order valence-electron chi connectivity index (χ3n) is 10.8. The summed E-state index contributed by atoms with van der Waals surface area (Å²) in [6.07, 6.45) is 9.21. The quantitative estimate of drug-likeness (QED) is 0.176. The van der Waals surface area contributed by atoms with Crippen molar-refractivity contribution in [2.24, 2.45) is 0 Å². The molecule has 242 valence electrons. The molecular weight excluding hydrogens is 603 g/mol. The largest absolute Gasteiger partial charge is 0.311 e. The average Bonchev–Trinajstić information content (AvgIpc) is 3.13. The van der Waals surface area contributed by atoms with Crippen molar-refractivity contribution in [1.29, 1.82) is 0 Å². The van der Waals surface area contributed by atoms with Crippen LogP contribution in [-0.2, 0) is 0 Å². The van der Waals surface area contributed by atoms with E-state index in [4.69, 9.17) is 0 Å². The Morgan fingerprint density at radius 3 is 1.62 bits per heavy atom. The van der Waals surface area contributed by atoms with Crippen LogP contribution < -0.4 is 26.2 Å². The van der Waals surface area contributed by atoms with Gasteiger partial charge in [-0.2, -0.15) is 0 Å². The molecule has 0 N–H and O–H groups in total. The summed E-state index contributed by atoms with van der Waals surface area (Å²) in [5, 5.41) is 0. The van der Waals surface area contributed by atoms with E-state index in [1.54, 1.807) is 0 Å². The summed E-state index contributed by atoms with van der Waals surface area (Å²) in [6.45, 7) is 11.1. The fourth-order valence-corrected chi connectivity index (χ4v) is 8.28. The highest BCUT2D eigenvalue weighted by Crippen LogP contribution is 2.48. The third kappa shape index (κ3) is 4.95. The number of allylic oxidation sites excluding steroid dienone is 4. The first-order valence-electron chi connectivity index (χ1n) is 17.9. The van der Waals surface area contributed by atoms with Crippen molar-refractivity contribution in [2.75, 3.05) is 9.80 Å². The van der Waals surface area contributed by atoms with Gasteiger partial charge in [0, 0.05) is 34.0 Å². The van der Waals surface area contributed by atoms with Crippen LogP contribution in [0.4, 0.5) is 34.1 Å². The zero-order valence-electron chi connectivity index (χ0n) is 29.6. The van der Waals surface area contributed by atoms with Crippen LogP contribution in [0.3, 0.4) is 0 Å². The molecule has 0 amide bonds. The van der Waals surface area contributed by atoms with Gasteiger partial charge in [0.2, 0.25) is 0 Å². The molecule has 0 bridgehead atoms. The molecule has 0 radical (unpaired) electrons. The molecule has 0 spiro atoms. The van der Waals surface area contributed by atoms with Crippen LogP contribution >= 0.6 is 0 Å². The highest BCUT2D eigenvalue weighted by molar-refractivity contribution is 7.00. The van der Waals surface area contributed by atoms with Gasteiger partial charge in [0.1, 0.15) is 0 Å². The summed E-state index contributed by atoms with van der Waals surface area (Å²) >= 11 is 0. The molecular formula is C47H41BN2. The Morgan fingerprint density at radius 1 is 0.460 bits per heavy atom. The molecule has 6 aromatic rings. The van der Waals surface area contributed by atoms with E-state index in [1.165, 1.54) is 101 Å². The molecule has 2 aliphatic heterocycles. The molecule has 0 aromatic heterocycles. The highest BCUT2D eigenvalue weighted by atomic mass is 15.2. The van der Waals surface area contributed by atoms with E-state index >= 15 is 0 Å². The fraction of sp³-hybridized carbons (Fsp3) is 0.149. The average molecular weight is 645 g/mol. The van der Waals surface area contributed by atoms with Crippen LogP contribution in [0, 0.1) is 34.6 Å². The second-order valence-electron chi connectivity index (χ2n) is 14.5. The van der Waals surface area contributed by atoms with Gasteiger partial charge in [0.25, 0.3) is 6.71 Å². The Kier molecular flexibility index (Phi) is 7.21. The van der Waals surface area contributed by atoms with Crippen LogP contribution in [0.15, 0.2) is 133 Å². The molecule has 6 aromatic carbocycles. The monoisotopic (exact) mass is 644 g/mol. The first kappa shape index (κ1) is 30.5. The van der Waals surface area contributed by atoms with Crippen LogP contribution in [0.5, 0.6) is 0 Å². The molecule has 3 aliphatic rings. The number of hydrogen-bond acceptors (Lipinski definition) is 2. The number of hydrogen-bond donors (Lipinski definition) is 0. The van der Waals surface area contributed by atoms with E-state index in [-0.39, 0.29) is 6.71 Å². The van der Waals surface area contributed by atoms with Crippen LogP contribution in [-0.4, -0.2) is 6.71 Å². The van der Waals surface area contributed by atoms with E-state index in [9.17, 15) is 0 Å². The van der Waals surface area contributed by atoms with Gasteiger partial charge < -0.3 is 9.80 Å². The van der Waals surface area contributed by atoms with Gasteiger partial charge in [-0.05, 0) is 129 Å². The molecule has 2 nitrogen and oxygen atoms in total. The summed E-state index contributed by atoms with van der Waals surface area (Å²) in [5.74, 6) is 0. The van der Waals surface area contributed by atoms with Gasteiger partial charge in [-0.25, -0.2) is 0 Å². The fourth-order valence-electron chi connectivity index (χ4n) is 8.28. The van der Waals surface area contributed by atoms with Gasteiger partial charge in [0.15, 0.2) is 0 Å². The smallest absolute Gasteiger partial charge is 0.252 e. The molecule has 0 saturated heterocycles. The lowest BCUT2D eigenvalue weighted by Gasteiger charge is -2.45. The second kappa shape index (κ2) is 11.8. The molecule has 1 aliphatic carbocycles. The molecule has 9 rings (SSSR count). The molecule has 50 heavy (non-hydrogen) atoms. The van der Waals surface area contributed by atoms with Crippen molar-refractivity contribution in [3.63, 3.8) is 0 Å². The maximum absolute atomic E-state index is 2.57. The van der Waals surface area contributed by atoms with Gasteiger partial charge in [-0.1, -0.05) is 113 Å². The Hall–Kier alpha value is -5.54. The number of rotatable bonds is 4. The first-order chi connectivity index (χ1) is 24.3. The maximum atomic E-state index is 2.57. The molecule has 2 heterocycles. The molecule has 0 fully saturated rings. The Balaban J connectivity index is 1.41. The van der Waals surface area contributed by atoms with Gasteiger partial charge in [-0.3, -0.25) is 0 Å². The lowest BCUT2D eigenvalue weighted by Crippen LogP contribution is -2.61. The number of aryl methyl sites for hydroxylation is 5. The Morgan fingerprint density at radius 2 is 1.00 bits per heavy atom. The minimum absolute atomic E-state index is 0.0981. The van der Waals surface area contributed by atoms with Crippen LogP contribution in [0.25, 0.3) is 16.7 Å². The minimum Gasteiger partial charge on any atom is -0.311 e. The van der Waals surface area contributed by atoms with Crippen LogP contribution in [0.1, 0.15) is 46.2 Å². The number of nitrogens with zero attached hydrogens (tertiary/aromatic N) is 2. The lowest BCUT2D eigenvalue weighted by molar-refractivity contribution is 1.04. The molecule has 0 atom stereocenters. The Labute approximate surface area is 297 Å².